The fourth-order valence-corrected chi connectivity index (χ4v) is 5.78. The van der Waals surface area contributed by atoms with Gasteiger partial charge in [0.1, 0.15) is 5.78 Å². The lowest BCUT2D eigenvalue weighted by atomic mass is 9.48. The summed E-state index contributed by atoms with van der Waals surface area (Å²) >= 11 is 0. The number of nitrogens with zero attached hydrogens (tertiary/aromatic N) is 2. The Kier molecular flexibility index (Phi) is 6.91. The van der Waals surface area contributed by atoms with Crippen molar-refractivity contribution >= 4 is 11.8 Å². The largest absolute Gasteiger partial charge is 0.481 e. The first kappa shape index (κ1) is 21.7. The first-order valence-corrected chi connectivity index (χ1v) is 11.1. The van der Waals surface area contributed by atoms with Gasteiger partial charge < -0.3 is 9.84 Å². The lowest BCUT2D eigenvalue weighted by Crippen LogP contribution is -2.54. The molecule has 6 nitrogen and oxygen atoms in total. The maximum absolute atomic E-state index is 13.7. The summed E-state index contributed by atoms with van der Waals surface area (Å²) < 4.78 is 5.20. The van der Waals surface area contributed by atoms with Crippen molar-refractivity contribution in [1.82, 2.24) is 10.2 Å². The number of hydrogen-bond donors (Lipinski definition) is 1. The fraction of sp³-hybridized carbons (Fsp3) is 0.739. The van der Waals surface area contributed by atoms with Crippen LogP contribution in [0.1, 0.15) is 89.7 Å². The highest BCUT2D eigenvalue weighted by Gasteiger charge is 2.58. The van der Waals surface area contributed by atoms with E-state index in [4.69, 9.17) is 4.74 Å². The minimum Gasteiger partial charge on any atom is -0.481 e. The van der Waals surface area contributed by atoms with Crippen molar-refractivity contribution in [2.45, 2.75) is 89.4 Å². The van der Waals surface area contributed by atoms with Crippen LogP contribution < -0.4 is 4.74 Å². The van der Waals surface area contributed by atoms with Crippen molar-refractivity contribution in [3.8, 4) is 5.88 Å². The number of aliphatic carboxylic acids is 1. The van der Waals surface area contributed by atoms with Crippen molar-refractivity contribution in [1.29, 1.82) is 0 Å². The Labute approximate surface area is 173 Å². The lowest BCUT2D eigenvalue weighted by Gasteiger charge is -2.54. The van der Waals surface area contributed by atoms with Gasteiger partial charge in [0.15, 0.2) is 0 Å². The van der Waals surface area contributed by atoms with Crippen molar-refractivity contribution in [2.24, 2.45) is 11.3 Å². The van der Waals surface area contributed by atoms with Crippen LogP contribution in [0.3, 0.4) is 0 Å². The molecule has 29 heavy (non-hydrogen) atoms. The number of Topliss-reactive ketones (excluding diaryl/α,β-unsaturated/α-hetero) is 1. The Morgan fingerprint density at radius 2 is 1.79 bits per heavy atom. The molecule has 0 atom stereocenters. The molecule has 2 saturated carbocycles. The smallest absolute Gasteiger partial charge is 0.306 e. The molecule has 0 amide bonds. The summed E-state index contributed by atoms with van der Waals surface area (Å²) in [6, 6.07) is 3.82. The molecule has 0 bridgehead atoms. The second-order valence-electron chi connectivity index (χ2n) is 8.83. The first-order chi connectivity index (χ1) is 14.0. The summed E-state index contributed by atoms with van der Waals surface area (Å²) in [5, 5.41) is 18.3. The van der Waals surface area contributed by atoms with E-state index < -0.39 is 11.4 Å². The Bertz CT molecular complexity index is 702. The summed E-state index contributed by atoms with van der Waals surface area (Å²) in [5.74, 6) is -0.297. The van der Waals surface area contributed by atoms with Gasteiger partial charge in [0.2, 0.25) is 5.88 Å². The van der Waals surface area contributed by atoms with Crippen molar-refractivity contribution in [3.05, 3.63) is 17.8 Å². The maximum Gasteiger partial charge on any atom is 0.306 e. The molecule has 2 fully saturated rings. The number of carboxylic acids is 1. The number of ether oxygens (including phenoxy) is 1. The van der Waals surface area contributed by atoms with E-state index in [1.54, 1.807) is 7.11 Å². The van der Waals surface area contributed by atoms with E-state index in [-0.39, 0.29) is 11.3 Å². The molecule has 1 heterocycles. The number of unbranched alkanes of at least 4 members (excludes halogenated alkanes) is 1. The highest BCUT2D eigenvalue weighted by atomic mass is 16.5. The zero-order valence-corrected chi connectivity index (χ0v) is 17.8. The van der Waals surface area contributed by atoms with Crippen LogP contribution in [-0.4, -0.2) is 34.2 Å². The molecule has 2 aliphatic carbocycles. The molecule has 3 rings (SSSR count). The molecule has 160 valence electrons. The summed E-state index contributed by atoms with van der Waals surface area (Å²) in [4.78, 5) is 25.3. The van der Waals surface area contributed by atoms with Crippen LogP contribution in [0.2, 0.25) is 0 Å². The number of carboxylic acid groups (broad SMARTS) is 1. The molecule has 0 spiro atoms. The molecular weight excluding hydrogens is 368 g/mol. The second-order valence-corrected chi connectivity index (χ2v) is 8.83. The third kappa shape index (κ3) is 4.03. The molecule has 2 aliphatic rings. The molecule has 0 saturated heterocycles. The summed E-state index contributed by atoms with van der Waals surface area (Å²) in [6.07, 6.45) is 9.99. The van der Waals surface area contributed by atoms with E-state index in [2.05, 4.69) is 17.1 Å². The minimum atomic E-state index is -0.735. The number of aromatic nitrogens is 2. The number of hydrogen-bond acceptors (Lipinski definition) is 5. The van der Waals surface area contributed by atoms with Crippen LogP contribution >= 0.6 is 0 Å². The van der Waals surface area contributed by atoms with Crippen LogP contribution in [0.4, 0.5) is 0 Å². The van der Waals surface area contributed by atoms with E-state index in [0.29, 0.717) is 43.8 Å². The van der Waals surface area contributed by atoms with E-state index in [1.165, 1.54) is 6.42 Å². The molecular formula is C23H34N2O4. The van der Waals surface area contributed by atoms with Crippen LogP contribution in [0.15, 0.2) is 12.1 Å². The van der Waals surface area contributed by atoms with Crippen molar-refractivity contribution < 1.29 is 19.4 Å². The molecule has 1 aromatic rings. The standard InChI is InChI=1S/C23H34N2O4/c1-3-4-8-19(26)23(15-11-17(12-16-23)21(27)28)22(13-6-5-7-14-22)18-9-10-20(29-2)25-24-18/h9-10,17H,3-8,11-16H2,1-2H3,(H,27,28). The van der Waals surface area contributed by atoms with Gasteiger partial charge in [-0.3, -0.25) is 9.59 Å². The fourth-order valence-electron chi connectivity index (χ4n) is 5.78. The van der Waals surface area contributed by atoms with Crippen LogP contribution in [0, 0.1) is 11.3 Å². The van der Waals surface area contributed by atoms with Gasteiger partial charge in [-0.05, 0) is 51.0 Å². The molecule has 6 heteroatoms. The van der Waals surface area contributed by atoms with Gasteiger partial charge in [-0.25, -0.2) is 0 Å². The van der Waals surface area contributed by atoms with E-state index >= 15 is 0 Å². The Morgan fingerprint density at radius 1 is 1.10 bits per heavy atom. The topological polar surface area (TPSA) is 89.4 Å². The predicted molar refractivity (Wildman–Crippen MR) is 110 cm³/mol. The highest BCUT2D eigenvalue weighted by molar-refractivity contribution is 5.87. The van der Waals surface area contributed by atoms with Gasteiger partial charge in [-0.2, -0.15) is 5.10 Å². The average Bonchev–Trinajstić information content (AvgIpc) is 2.77. The number of carbonyl (C=O) groups excluding carboxylic acids is 1. The van der Waals surface area contributed by atoms with E-state index in [9.17, 15) is 14.7 Å². The zero-order chi connectivity index (χ0) is 20.9. The normalized spacial score (nSPS) is 26.6. The van der Waals surface area contributed by atoms with Crippen molar-refractivity contribution in [3.63, 3.8) is 0 Å². The second kappa shape index (κ2) is 9.23. The molecule has 1 N–H and O–H groups in total. The van der Waals surface area contributed by atoms with Gasteiger partial charge in [0.05, 0.1) is 18.7 Å². The van der Waals surface area contributed by atoms with Gasteiger partial charge in [0, 0.05) is 23.3 Å². The van der Waals surface area contributed by atoms with Crippen LogP contribution in [0.25, 0.3) is 0 Å². The number of carbonyl (C=O) groups is 2. The zero-order valence-electron chi connectivity index (χ0n) is 17.8. The van der Waals surface area contributed by atoms with Gasteiger partial charge >= 0.3 is 5.97 Å². The third-order valence-corrected chi connectivity index (χ3v) is 7.44. The highest BCUT2D eigenvalue weighted by Crippen LogP contribution is 2.59. The number of rotatable bonds is 8. The number of methoxy groups -OCH3 is 1. The minimum absolute atomic E-state index is 0.308. The van der Waals surface area contributed by atoms with Gasteiger partial charge in [-0.1, -0.05) is 32.6 Å². The quantitative estimate of drug-likeness (QED) is 0.677. The van der Waals surface area contributed by atoms with Gasteiger partial charge in [0.25, 0.3) is 0 Å². The molecule has 0 radical (unpaired) electrons. The molecule has 0 aromatic carbocycles. The van der Waals surface area contributed by atoms with E-state index in [0.717, 1.165) is 44.2 Å². The lowest BCUT2D eigenvalue weighted by molar-refractivity contribution is -0.149. The van der Waals surface area contributed by atoms with Crippen LogP contribution in [0.5, 0.6) is 5.88 Å². The Hall–Kier alpha value is -1.98. The summed E-state index contributed by atoms with van der Waals surface area (Å²) in [6.45, 7) is 2.10. The SMILES string of the molecule is CCCCC(=O)C1(C2(c3ccc(OC)nn3)CCCCC2)CCC(C(=O)O)CC1. The van der Waals surface area contributed by atoms with Gasteiger partial charge in [-0.15, -0.1) is 5.10 Å². The Balaban J connectivity index is 2.05. The predicted octanol–water partition coefficient (Wildman–Crippen LogP) is 4.71. The summed E-state index contributed by atoms with van der Waals surface area (Å²) in [5.41, 5.74) is 0.00742. The van der Waals surface area contributed by atoms with Crippen LogP contribution in [-0.2, 0) is 15.0 Å². The molecule has 0 unspecified atom stereocenters. The Morgan fingerprint density at radius 3 is 2.31 bits per heavy atom. The maximum atomic E-state index is 13.7. The first-order valence-electron chi connectivity index (χ1n) is 11.1. The average molecular weight is 403 g/mol. The van der Waals surface area contributed by atoms with Crippen molar-refractivity contribution in [2.75, 3.05) is 7.11 Å². The monoisotopic (exact) mass is 402 g/mol. The van der Waals surface area contributed by atoms with E-state index in [1.807, 2.05) is 12.1 Å². The molecule has 0 aliphatic heterocycles. The number of ketones is 1. The molecule has 1 aromatic heterocycles. The summed E-state index contributed by atoms with van der Waals surface area (Å²) in [7, 11) is 1.57. The third-order valence-electron chi connectivity index (χ3n) is 7.44.